The molecule has 2 aromatic heterocycles. The molecular formula is C52H58N4. The van der Waals surface area contributed by atoms with Crippen molar-refractivity contribution < 1.29 is 0 Å². The molecule has 0 amide bonds. The fraction of sp³-hybridized carbons (Fsp3) is 0.385. The van der Waals surface area contributed by atoms with Crippen molar-refractivity contribution in [3.05, 3.63) is 129 Å². The molecule has 4 heteroatoms. The Morgan fingerprint density at radius 2 is 1.12 bits per heavy atom. The normalized spacial score (nSPS) is 16.6. The maximum Gasteiger partial charge on any atom is 0.165 e. The number of hydrogen-bond donors (Lipinski definition) is 0. The summed E-state index contributed by atoms with van der Waals surface area (Å²) in [5.74, 6) is 2.84. The van der Waals surface area contributed by atoms with Crippen molar-refractivity contribution in [2.45, 2.75) is 125 Å². The van der Waals surface area contributed by atoms with Crippen LogP contribution in [0.1, 0.15) is 122 Å². The second kappa shape index (κ2) is 15.5. The van der Waals surface area contributed by atoms with Crippen LogP contribution in [0.3, 0.4) is 0 Å². The fourth-order valence-corrected chi connectivity index (χ4v) is 9.39. The van der Waals surface area contributed by atoms with Crippen LogP contribution in [0.25, 0.3) is 56.5 Å². The average Bonchev–Trinajstić information content (AvgIpc) is 3.46. The minimum absolute atomic E-state index is 0.0165. The van der Waals surface area contributed by atoms with E-state index in [1.165, 1.54) is 119 Å². The average molecular weight is 739 g/mol. The zero-order valence-corrected chi connectivity index (χ0v) is 34.9. The third-order valence-electron chi connectivity index (χ3n) is 13.5. The second-order valence-electron chi connectivity index (χ2n) is 17.3. The van der Waals surface area contributed by atoms with Gasteiger partial charge < -0.3 is 0 Å². The van der Waals surface area contributed by atoms with Crippen molar-refractivity contribution in [1.29, 1.82) is 0 Å². The highest BCUT2D eigenvalue weighted by molar-refractivity contribution is 5.84. The summed E-state index contributed by atoms with van der Waals surface area (Å²) in [5, 5.41) is 0. The van der Waals surface area contributed by atoms with Crippen molar-refractivity contribution in [1.82, 2.24) is 19.9 Å². The van der Waals surface area contributed by atoms with Gasteiger partial charge in [0.1, 0.15) is 0 Å². The Morgan fingerprint density at radius 1 is 0.589 bits per heavy atom. The molecule has 0 saturated heterocycles. The van der Waals surface area contributed by atoms with Crippen LogP contribution in [0.15, 0.2) is 79.0 Å². The first-order valence-corrected chi connectivity index (χ1v) is 21.2. The maximum absolute atomic E-state index is 5.10. The minimum atomic E-state index is -0.0165. The van der Waals surface area contributed by atoms with E-state index in [9.17, 15) is 0 Å². The summed E-state index contributed by atoms with van der Waals surface area (Å²) in [5.41, 5.74) is 19.8. The summed E-state index contributed by atoms with van der Waals surface area (Å²) in [7, 11) is 0. The molecule has 0 aliphatic heterocycles. The van der Waals surface area contributed by atoms with E-state index in [0.717, 1.165) is 40.3 Å². The van der Waals surface area contributed by atoms with Crippen LogP contribution in [0.5, 0.6) is 0 Å². The van der Waals surface area contributed by atoms with Gasteiger partial charge in [-0.3, -0.25) is 4.98 Å². The maximum atomic E-state index is 5.10. The van der Waals surface area contributed by atoms with Crippen LogP contribution in [-0.4, -0.2) is 19.9 Å². The summed E-state index contributed by atoms with van der Waals surface area (Å²) in [4.78, 5) is 20.3. The standard InChI is InChI=1S/C52H58N4/c1-9-10-14-39-17-20-44-45-21-18-40(30-47(45)52(8,46(44)29-39)24-23-38-15-12-11-13-16-38)48-22-19-41(31-53-48)49-54-50(42-25-32(2)36(6)33(3)26-42)56-51(55-49)43-27-34(4)37(7)35(5)28-43/h17-22,25-31,38H,9-16,23-24H2,1-8H3. The number of unbranched alkanes of at least 4 members (excludes halogenated alkanes) is 1. The van der Waals surface area contributed by atoms with Gasteiger partial charge in [0.15, 0.2) is 17.5 Å². The number of aryl methyl sites for hydroxylation is 5. The lowest BCUT2D eigenvalue weighted by atomic mass is 9.72. The smallest absolute Gasteiger partial charge is 0.165 e. The Hall–Kier alpha value is -4.96. The molecule has 4 aromatic carbocycles. The number of aromatic nitrogens is 4. The zero-order chi connectivity index (χ0) is 39.1. The van der Waals surface area contributed by atoms with E-state index >= 15 is 0 Å². The van der Waals surface area contributed by atoms with E-state index in [0.29, 0.717) is 17.5 Å². The van der Waals surface area contributed by atoms with Gasteiger partial charge in [-0.1, -0.05) is 82.7 Å². The predicted molar refractivity (Wildman–Crippen MR) is 234 cm³/mol. The molecule has 1 unspecified atom stereocenters. The third kappa shape index (κ3) is 7.24. The lowest BCUT2D eigenvalue weighted by molar-refractivity contribution is 0.311. The lowest BCUT2D eigenvalue weighted by Crippen LogP contribution is -2.23. The van der Waals surface area contributed by atoms with Crippen molar-refractivity contribution in [2.75, 3.05) is 0 Å². The van der Waals surface area contributed by atoms with Crippen LogP contribution >= 0.6 is 0 Å². The molecule has 1 fully saturated rings. The molecule has 0 spiro atoms. The molecule has 2 aliphatic rings. The Labute approximate surface area is 335 Å². The van der Waals surface area contributed by atoms with Crippen LogP contribution in [0.2, 0.25) is 0 Å². The van der Waals surface area contributed by atoms with Gasteiger partial charge in [-0.2, -0.15) is 0 Å². The van der Waals surface area contributed by atoms with E-state index in [1.807, 2.05) is 6.20 Å². The van der Waals surface area contributed by atoms with Crippen molar-refractivity contribution >= 4 is 0 Å². The minimum Gasteiger partial charge on any atom is -0.255 e. The van der Waals surface area contributed by atoms with E-state index in [2.05, 4.69) is 128 Å². The fourth-order valence-electron chi connectivity index (χ4n) is 9.39. The Morgan fingerprint density at radius 3 is 1.68 bits per heavy atom. The largest absolute Gasteiger partial charge is 0.255 e. The van der Waals surface area contributed by atoms with E-state index in [1.54, 1.807) is 0 Å². The lowest BCUT2D eigenvalue weighted by Gasteiger charge is -2.31. The van der Waals surface area contributed by atoms with E-state index in [-0.39, 0.29) is 5.41 Å². The van der Waals surface area contributed by atoms with Gasteiger partial charge >= 0.3 is 0 Å². The number of pyridine rings is 1. The summed E-state index contributed by atoms with van der Waals surface area (Å²) >= 11 is 0. The Kier molecular flexibility index (Phi) is 10.5. The number of fused-ring (bicyclic) bond motifs is 3. The first-order valence-electron chi connectivity index (χ1n) is 21.2. The molecule has 2 aliphatic carbocycles. The molecule has 286 valence electrons. The molecule has 2 heterocycles. The summed E-state index contributed by atoms with van der Waals surface area (Å²) in [6, 6.07) is 27.5. The molecule has 6 aromatic rings. The molecule has 0 N–H and O–H groups in total. The highest BCUT2D eigenvalue weighted by Crippen LogP contribution is 2.53. The van der Waals surface area contributed by atoms with Gasteiger partial charge in [-0.05, 0) is 177 Å². The van der Waals surface area contributed by atoms with Gasteiger partial charge in [-0.25, -0.2) is 15.0 Å². The van der Waals surface area contributed by atoms with Gasteiger partial charge in [0.2, 0.25) is 0 Å². The van der Waals surface area contributed by atoms with Crippen molar-refractivity contribution in [3.63, 3.8) is 0 Å². The SMILES string of the molecule is CCCCc1ccc2c(c1)C(C)(CCC1CCCCC1)c1cc(-c3ccc(-c4nc(-c5cc(C)c(C)c(C)c5)nc(-c5cc(C)c(C)c(C)c5)n4)cn3)ccc1-2. The molecule has 0 bridgehead atoms. The number of hydrogen-bond acceptors (Lipinski definition) is 4. The van der Waals surface area contributed by atoms with Gasteiger partial charge in [0.05, 0.1) is 5.69 Å². The van der Waals surface area contributed by atoms with Crippen molar-refractivity contribution in [2.24, 2.45) is 5.92 Å². The number of rotatable bonds is 10. The molecular weight excluding hydrogens is 681 g/mol. The van der Waals surface area contributed by atoms with Crippen LogP contribution in [0, 0.1) is 47.5 Å². The monoisotopic (exact) mass is 738 g/mol. The first kappa shape index (κ1) is 37.9. The molecule has 4 nitrogen and oxygen atoms in total. The Balaban J connectivity index is 1.16. The highest BCUT2D eigenvalue weighted by Gasteiger charge is 2.40. The molecule has 56 heavy (non-hydrogen) atoms. The van der Waals surface area contributed by atoms with Gasteiger partial charge in [-0.15, -0.1) is 0 Å². The van der Waals surface area contributed by atoms with Gasteiger partial charge in [0.25, 0.3) is 0 Å². The summed E-state index contributed by atoms with van der Waals surface area (Å²) in [6.07, 6.45) is 15.0. The van der Waals surface area contributed by atoms with Crippen LogP contribution < -0.4 is 0 Å². The topological polar surface area (TPSA) is 51.6 Å². The predicted octanol–water partition coefficient (Wildman–Crippen LogP) is 13.8. The quantitative estimate of drug-likeness (QED) is 0.140. The third-order valence-corrected chi connectivity index (χ3v) is 13.5. The zero-order valence-electron chi connectivity index (χ0n) is 34.9. The Bertz CT molecular complexity index is 2290. The number of nitrogens with zero attached hydrogens (tertiary/aromatic N) is 4. The van der Waals surface area contributed by atoms with Crippen molar-refractivity contribution in [3.8, 4) is 56.5 Å². The molecule has 0 radical (unpaired) electrons. The second-order valence-corrected chi connectivity index (χ2v) is 17.3. The molecule has 1 saturated carbocycles. The number of benzene rings is 4. The first-order chi connectivity index (χ1) is 27.0. The molecule has 1 atom stereocenters. The highest BCUT2D eigenvalue weighted by atomic mass is 15.0. The van der Waals surface area contributed by atoms with Crippen LogP contribution in [0.4, 0.5) is 0 Å². The van der Waals surface area contributed by atoms with E-state index in [4.69, 9.17) is 19.9 Å². The van der Waals surface area contributed by atoms with Gasteiger partial charge in [0, 0.05) is 33.9 Å². The molecule has 8 rings (SSSR count). The van der Waals surface area contributed by atoms with Crippen LogP contribution in [-0.2, 0) is 11.8 Å². The van der Waals surface area contributed by atoms with E-state index < -0.39 is 0 Å². The summed E-state index contributed by atoms with van der Waals surface area (Å²) < 4.78 is 0. The summed E-state index contributed by atoms with van der Waals surface area (Å²) in [6.45, 7) is 17.8.